The molecule has 1 aromatic carbocycles. The van der Waals surface area contributed by atoms with Crippen LogP contribution >= 0.6 is 0 Å². The molecule has 1 saturated heterocycles. The molecule has 7 heteroatoms. The van der Waals surface area contributed by atoms with Crippen molar-refractivity contribution in [2.24, 2.45) is 0 Å². The number of hydrogen-bond donors (Lipinski definition) is 2. The summed E-state index contributed by atoms with van der Waals surface area (Å²) in [6.07, 6.45) is 0.00917. The van der Waals surface area contributed by atoms with Crippen LogP contribution in [-0.4, -0.2) is 34.8 Å². The van der Waals surface area contributed by atoms with Gasteiger partial charge in [0.2, 0.25) is 5.91 Å². The summed E-state index contributed by atoms with van der Waals surface area (Å²) in [5.74, 6) is -0.654. The molecule has 1 aliphatic heterocycles. The Morgan fingerprint density at radius 1 is 1.32 bits per heavy atom. The van der Waals surface area contributed by atoms with E-state index in [0.29, 0.717) is 11.3 Å². The van der Waals surface area contributed by atoms with Crippen LogP contribution in [0.15, 0.2) is 24.3 Å². The Bertz CT molecular complexity index is 658. The van der Waals surface area contributed by atoms with Crippen molar-refractivity contribution in [3.8, 4) is 6.07 Å². The van der Waals surface area contributed by atoms with Crippen molar-refractivity contribution >= 4 is 23.5 Å². The van der Waals surface area contributed by atoms with E-state index in [-0.39, 0.29) is 24.8 Å². The lowest BCUT2D eigenvalue weighted by Crippen LogP contribution is -2.40. The minimum Gasteiger partial charge on any atom is -0.326 e. The van der Waals surface area contributed by atoms with Gasteiger partial charge in [-0.3, -0.25) is 14.5 Å². The molecule has 0 aromatic heterocycles. The normalized spacial score (nSPS) is 16.1. The zero-order chi connectivity index (χ0) is 16.3. The fourth-order valence-electron chi connectivity index (χ4n) is 2.09. The third-order valence-corrected chi connectivity index (χ3v) is 3.30. The van der Waals surface area contributed by atoms with E-state index >= 15 is 0 Å². The molecule has 1 heterocycles. The molecule has 2 N–H and O–H groups in total. The molecule has 0 atom stereocenters. The van der Waals surface area contributed by atoms with Crippen molar-refractivity contribution in [1.82, 2.24) is 10.2 Å². The second-order valence-corrected chi connectivity index (χ2v) is 5.50. The van der Waals surface area contributed by atoms with Gasteiger partial charge < -0.3 is 10.6 Å². The van der Waals surface area contributed by atoms with E-state index < -0.39 is 11.6 Å². The van der Waals surface area contributed by atoms with Crippen molar-refractivity contribution in [2.45, 2.75) is 25.8 Å². The van der Waals surface area contributed by atoms with Gasteiger partial charge in [0.25, 0.3) is 5.91 Å². The summed E-state index contributed by atoms with van der Waals surface area (Å²) in [7, 11) is 0. The minimum atomic E-state index is -0.930. The second-order valence-electron chi connectivity index (χ2n) is 5.50. The summed E-state index contributed by atoms with van der Waals surface area (Å²) in [6.45, 7) is 3.25. The number of nitrogens with zero attached hydrogens (tertiary/aromatic N) is 2. The first-order chi connectivity index (χ1) is 10.3. The van der Waals surface area contributed by atoms with E-state index in [9.17, 15) is 14.4 Å². The summed E-state index contributed by atoms with van der Waals surface area (Å²) in [6, 6.07) is 7.92. The van der Waals surface area contributed by atoms with Gasteiger partial charge in [0.05, 0.1) is 11.6 Å². The fraction of sp³-hybridized carbons (Fsp3) is 0.333. The van der Waals surface area contributed by atoms with Crippen LogP contribution in [0.5, 0.6) is 0 Å². The Labute approximate surface area is 127 Å². The lowest BCUT2D eigenvalue weighted by Gasteiger charge is -2.15. The topological polar surface area (TPSA) is 102 Å². The predicted molar refractivity (Wildman–Crippen MR) is 78.7 cm³/mol. The van der Waals surface area contributed by atoms with Gasteiger partial charge in [-0.15, -0.1) is 0 Å². The molecule has 0 saturated carbocycles. The van der Waals surface area contributed by atoms with Gasteiger partial charge in [0, 0.05) is 18.7 Å². The van der Waals surface area contributed by atoms with E-state index in [1.54, 1.807) is 38.1 Å². The van der Waals surface area contributed by atoms with Gasteiger partial charge in [-0.05, 0) is 38.1 Å². The van der Waals surface area contributed by atoms with Crippen LogP contribution in [0.4, 0.5) is 10.5 Å². The monoisotopic (exact) mass is 300 g/mol. The number of carbonyl (C=O) groups excluding carboxylic acids is 3. The lowest BCUT2D eigenvalue weighted by atomic mass is 10.1. The van der Waals surface area contributed by atoms with Crippen LogP contribution in [-0.2, 0) is 9.59 Å². The highest BCUT2D eigenvalue weighted by Gasteiger charge is 2.43. The molecule has 1 aromatic rings. The van der Waals surface area contributed by atoms with Gasteiger partial charge in [0.1, 0.15) is 5.54 Å². The fourth-order valence-corrected chi connectivity index (χ4v) is 2.09. The number of imide groups is 1. The van der Waals surface area contributed by atoms with Crippen LogP contribution in [0.2, 0.25) is 0 Å². The third kappa shape index (κ3) is 3.23. The van der Waals surface area contributed by atoms with Gasteiger partial charge in [-0.25, -0.2) is 4.79 Å². The summed E-state index contributed by atoms with van der Waals surface area (Å²) in [5.41, 5.74) is 0.127. The third-order valence-electron chi connectivity index (χ3n) is 3.30. The lowest BCUT2D eigenvalue weighted by molar-refractivity contribution is -0.130. The van der Waals surface area contributed by atoms with Crippen molar-refractivity contribution < 1.29 is 14.4 Å². The Hall–Kier alpha value is -2.88. The number of anilines is 1. The van der Waals surface area contributed by atoms with E-state index in [1.807, 2.05) is 6.07 Å². The number of rotatable bonds is 4. The first kappa shape index (κ1) is 15.5. The van der Waals surface area contributed by atoms with E-state index in [4.69, 9.17) is 5.26 Å². The van der Waals surface area contributed by atoms with Crippen LogP contribution in [0.25, 0.3) is 0 Å². The number of hydrogen-bond acceptors (Lipinski definition) is 4. The van der Waals surface area contributed by atoms with Gasteiger partial charge in [-0.1, -0.05) is 0 Å². The van der Waals surface area contributed by atoms with Crippen molar-refractivity contribution in [3.05, 3.63) is 29.8 Å². The number of nitrogens with one attached hydrogen (secondary N) is 2. The molecular weight excluding hydrogens is 284 g/mol. The van der Waals surface area contributed by atoms with Gasteiger partial charge in [0.15, 0.2) is 0 Å². The van der Waals surface area contributed by atoms with E-state index in [1.165, 1.54) is 0 Å². The highest BCUT2D eigenvalue weighted by molar-refractivity contribution is 6.06. The highest BCUT2D eigenvalue weighted by atomic mass is 16.2. The molecule has 1 aliphatic rings. The molecule has 4 amide bonds. The largest absolute Gasteiger partial charge is 0.326 e. The number of nitriles is 1. The maximum absolute atomic E-state index is 12.0. The van der Waals surface area contributed by atoms with Gasteiger partial charge >= 0.3 is 6.03 Å². The Kier molecular flexibility index (Phi) is 4.13. The molecule has 0 spiro atoms. The molecule has 2 rings (SSSR count). The van der Waals surface area contributed by atoms with Crippen molar-refractivity contribution in [2.75, 3.05) is 11.9 Å². The van der Waals surface area contributed by atoms with Crippen LogP contribution in [0.3, 0.4) is 0 Å². The average Bonchev–Trinajstić information content (AvgIpc) is 2.66. The predicted octanol–water partition coefficient (Wildman–Crippen LogP) is 1.22. The Morgan fingerprint density at radius 2 is 1.95 bits per heavy atom. The molecule has 0 bridgehead atoms. The maximum atomic E-state index is 12.0. The summed E-state index contributed by atoms with van der Waals surface area (Å²) in [5, 5.41) is 13.9. The first-order valence-electron chi connectivity index (χ1n) is 6.77. The smallest absolute Gasteiger partial charge is 0.325 e. The number of benzene rings is 1. The summed E-state index contributed by atoms with van der Waals surface area (Å²) >= 11 is 0. The summed E-state index contributed by atoms with van der Waals surface area (Å²) < 4.78 is 0. The molecule has 0 radical (unpaired) electrons. The quantitative estimate of drug-likeness (QED) is 0.816. The Balaban J connectivity index is 1.89. The average molecular weight is 300 g/mol. The zero-order valence-corrected chi connectivity index (χ0v) is 12.3. The van der Waals surface area contributed by atoms with Crippen LogP contribution in [0.1, 0.15) is 25.8 Å². The van der Waals surface area contributed by atoms with E-state index in [2.05, 4.69) is 10.6 Å². The number of amides is 4. The summed E-state index contributed by atoms with van der Waals surface area (Å²) in [4.78, 5) is 36.5. The zero-order valence-electron chi connectivity index (χ0n) is 12.3. The molecule has 0 aliphatic carbocycles. The molecule has 22 heavy (non-hydrogen) atoms. The molecular formula is C15H16N4O3. The molecule has 0 unspecified atom stereocenters. The number of carbonyl (C=O) groups is 3. The van der Waals surface area contributed by atoms with Crippen LogP contribution in [0, 0.1) is 11.3 Å². The van der Waals surface area contributed by atoms with Crippen LogP contribution < -0.4 is 10.6 Å². The Morgan fingerprint density at radius 3 is 2.45 bits per heavy atom. The van der Waals surface area contributed by atoms with E-state index in [0.717, 1.165) is 4.90 Å². The maximum Gasteiger partial charge on any atom is 0.325 e. The molecule has 7 nitrogen and oxygen atoms in total. The molecule has 114 valence electrons. The number of urea groups is 1. The minimum absolute atomic E-state index is 0.00917. The standard InChI is InChI=1S/C15H16N4O3/c1-15(2)13(21)19(14(22)18-15)8-7-12(20)17-11-5-3-10(9-16)4-6-11/h3-6H,7-8H2,1-2H3,(H,17,20)(H,18,22). The molecule has 1 fully saturated rings. The first-order valence-corrected chi connectivity index (χ1v) is 6.77. The highest BCUT2D eigenvalue weighted by Crippen LogP contribution is 2.17. The second kappa shape index (κ2) is 5.85. The SMILES string of the molecule is CC1(C)NC(=O)N(CCC(=O)Nc2ccc(C#N)cc2)C1=O. The van der Waals surface area contributed by atoms with Crippen molar-refractivity contribution in [1.29, 1.82) is 5.26 Å². The van der Waals surface area contributed by atoms with Gasteiger partial charge in [-0.2, -0.15) is 5.26 Å². The van der Waals surface area contributed by atoms with Crippen molar-refractivity contribution in [3.63, 3.8) is 0 Å².